The molecule has 0 aromatic rings. The summed E-state index contributed by atoms with van der Waals surface area (Å²) in [5, 5.41) is 0. The lowest BCUT2D eigenvalue weighted by Crippen LogP contribution is -2.29. The van der Waals surface area contributed by atoms with Crippen LogP contribution in [0.2, 0.25) is 0 Å². The first-order chi connectivity index (χ1) is 4.61. The molecule has 0 heterocycles. The highest BCUT2D eigenvalue weighted by atomic mass is 16.1. The predicted molar refractivity (Wildman–Crippen MR) is 37.6 cm³/mol. The van der Waals surface area contributed by atoms with Crippen molar-refractivity contribution >= 4 is 11.6 Å². The van der Waals surface area contributed by atoms with Gasteiger partial charge in [0.2, 0.25) is 0 Å². The van der Waals surface area contributed by atoms with E-state index >= 15 is 0 Å². The van der Waals surface area contributed by atoms with Crippen molar-refractivity contribution in [1.82, 2.24) is 0 Å². The molecule has 1 aliphatic rings. The molecule has 0 aliphatic heterocycles. The van der Waals surface area contributed by atoms with E-state index < -0.39 is 0 Å². The second-order valence-corrected chi connectivity index (χ2v) is 3.15. The number of hydrogen-bond acceptors (Lipinski definition) is 2. The van der Waals surface area contributed by atoms with E-state index in [0.29, 0.717) is 6.42 Å². The summed E-state index contributed by atoms with van der Waals surface area (Å²) in [5.74, 6) is 0.575. The third kappa shape index (κ3) is 1.25. The first-order valence-corrected chi connectivity index (χ1v) is 3.65. The van der Waals surface area contributed by atoms with Crippen LogP contribution < -0.4 is 0 Å². The van der Waals surface area contributed by atoms with E-state index in [2.05, 4.69) is 0 Å². The van der Waals surface area contributed by atoms with Crippen LogP contribution in [0, 0.1) is 11.8 Å². The van der Waals surface area contributed by atoms with Gasteiger partial charge in [-0.05, 0) is 5.92 Å². The van der Waals surface area contributed by atoms with Crippen molar-refractivity contribution in [2.45, 2.75) is 26.7 Å². The average molecular weight is 140 g/mol. The molecule has 56 valence electrons. The molecule has 0 spiro atoms. The molecular formula is C8H12O2. The van der Waals surface area contributed by atoms with Gasteiger partial charge in [0.1, 0.15) is 11.6 Å². The third-order valence-electron chi connectivity index (χ3n) is 2.28. The maximum Gasteiger partial charge on any atom is 0.143 e. The molecule has 0 saturated heterocycles. The highest BCUT2D eigenvalue weighted by Gasteiger charge is 2.29. The molecule has 0 amide bonds. The van der Waals surface area contributed by atoms with Gasteiger partial charge in [0.05, 0.1) is 6.42 Å². The molecule has 2 atom stereocenters. The average Bonchev–Trinajstić information content (AvgIpc) is 1.82. The van der Waals surface area contributed by atoms with Crippen molar-refractivity contribution in [2.24, 2.45) is 11.8 Å². The smallest absolute Gasteiger partial charge is 0.143 e. The van der Waals surface area contributed by atoms with Gasteiger partial charge in [-0.15, -0.1) is 0 Å². The number of hydrogen-bond donors (Lipinski definition) is 0. The molecule has 1 rings (SSSR count). The summed E-state index contributed by atoms with van der Waals surface area (Å²) >= 11 is 0. The molecule has 2 heteroatoms. The predicted octanol–water partition coefficient (Wildman–Crippen LogP) is 1.19. The van der Waals surface area contributed by atoms with Crippen LogP contribution in [0.5, 0.6) is 0 Å². The van der Waals surface area contributed by atoms with Crippen molar-refractivity contribution in [3.05, 3.63) is 0 Å². The quantitative estimate of drug-likeness (QED) is 0.474. The standard InChI is InChI=1S/C8H12O2/c1-5-3-7(9)4-8(10)6(5)2/h5-6H,3-4H2,1-2H3. The van der Waals surface area contributed by atoms with E-state index in [1.807, 2.05) is 13.8 Å². The van der Waals surface area contributed by atoms with Crippen molar-refractivity contribution in [2.75, 3.05) is 0 Å². The van der Waals surface area contributed by atoms with Gasteiger partial charge in [0.15, 0.2) is 0 Å². The van der Waals surface area contributed by atoms with Crippen molar-refractivity contribution in [1.29, 1.82) is 0 Å². The Hall–Kier alpha value is -0.660. The molecule has 1 saturated carbocycles. The van der Waals surface area contributed by atoms with Crippen LogP contribution in [0.4, 0.5) is 0 Å². The Morgan fingerprint density at radius 1 is 1.30 bits per heavy atom. The lowest BCUT2D eigenvalue weighted by molar-refractivity contribution is -0.134. The van der Waals surface area contributed by atoms with Crippen molar-refractivity contribution < 1.29 is 9.59 Å². The summed E-state index contributed by atoms with van der Waals surface area (Å²) in [7, 11) is 0. The van der Waals surface area contributed by atoms with E-state index in [9.17, 15) is 9.59 Å². The van der Waals surface area contributed by atoms with Gasteiger partial charge in [-0.25, -0.2) is 0 Å². The van der Waals surface area contributed by atoms with Gasteiger partial charge in [-0.2, -0.15) is 0 Å². The van der Waals surface area contributed by atoms with Crippen molar-refractivity contribution in [3.63, 3.8) is 0 Å². The summed E-state index contributed by atoms with van der Waals surface area (Å²) in [6.45, 7) is 3.86. The van der Waals surface area contributed by atoms with Crippen LogP contribution >= 0.6 is 0 Å². The van der Waals surface area contributed by atoms with E-state index in [0.717, 1.165) is 0 Å². The molecular weight excluding hydrogens is 128 g/mol. The minimum Gasteiger partial charge on any atom is -0.299 e. The molecule has 1 fully saturated rings. The minimum absolute atomic E-state index is 0.0951. The van der Waals surface area contributed by atoms with Gasteiger partial charge >= 0.3 is 0 Å². The van der Waals surface area contributed by atoms with Crippen LogP contribution in [0.15, 0.2) is 0 Å². The van der Waals surface area contributed by atoms with Crippen molar-refractivity contribution in [3.8, 4) is 0 Å². The monoisotopic (exact) mass is 140 g/mol. The molecule has 2 unspecified atom stereocenters. The number of carbonyl (C=O) groups is 2. The number of ketones is 2. The fraction of sp³-hybridized carbons (Fsp3) is 0.750. The van der Waals surface area contributed by atoms with E-state index in [4.69, 9.17) is 0 Å². The highest BCUT2D eigenvalue weighted by molar-refractivity contribution is 6.02. The Bertz CT molecular complexity index is 172. The summed E-state index contributed by atoms with van der Waals surface area (Å²) in [5.41, 5.74) is 0. The number of rotatable bonds is 0. The molecule has 0 radical (unpaired) electrons. The topological polar surface area (TPSA) is 34.1 Å². The first-order valence-electron chi connectivity index (χ1n) is 3.65. The first kappa shape index (κ1) is 7.45. The molecule has 2 nitrogen and oxygen atoms in total. The van der Waals surface area contributed by atoms with Crippen LogP contribution in [0.3, 0.4) is 0 Å². The fourth-order valence-corrected chi connectivity index (χ4v) is 1.28. The maximum absolute atomic E-state index is 11.0. The SMILES string of the molecule is CC1CC(=O)CC(=O)C1C. The number of carbonyl (C=O) groups excluding carboxylic acids is 2. The summed E-state index contributed by atoms with van der Waals surface area (Å²) in [6, 6.07) is 0. The molecule has 0 aromatic heterocycles. The lowest BCUT2D eigenvalue weighted by atomic mass is 9.80. The molecule has 10 heavy (non-hydrogen) atoms. The Kier molecular flexibility index (Phi) is 1.88. The zero-order valence-corrected chi connectivity index (χ0v) is 6.39. The van der Waals surface area contributed by atoms with Gasteiger partial charge in [-0.1, -0.05) is 13.8 Å². The third-order valence-corrected chi connectivity index (χ3v) is 2.28. The Morgan fingerprint density at radius 3 is 2.40 bits per heavy atom. The summed E-state index contributed by atoms with van der Waals surface area (Å²) in [6.07, 6.45) is 0.762. The summed E-state index contributed by atoms with van der Waals surface area (Å²) in [4.78, 5) is 21.8. The van der Waals surface area contributed by atoms with E-state index in [1.165, 1.54) is 0 Å². The Morgan fingerprint density at radius 2 is 1.90 bits per heavy atom. The second-order valence-electron chi connectivity index (χ2n) is 3.15. The van der Waals surface area contributed by atoms with E-state index in [-0.39, 0.29) is 29.8 Å². The normalized spacial score (nSPS) is 34.6. The van der Waals surface area contributed by atoms with Gasteiger partial charge in [0, 0.05) is 12.3 Å². The Labute approximate surface area is 60.6 Å². The largest absolute Gasteiger partial charge is 0.299 e. The van der Waals surface area contributed by atoms with Crippen LogP contribution in [0.25, 0.3) is 0 Å². The van der Waals surface area contributed by atoms with Crippen LogP contribution in [-0.2, 0) is 9.59 Å². The Balaban J connectivity index is 2.66. The van der Waals surface area contributed by atoms with Crippen LogP contribution in [0.1, 0.15) is 26.7 Å². The van der Waals surface area contributed by atoms with Crippen LogP contribution in [-0.4, -0.2) is 11.6 Å². The zero-order chi connectivity index (χ0) is 7.72. The van der Waals surface area contributed by atoms with Gasteiger partial charge < -0.3 is 0 Å². The van der Waals surface area contributed by atoms with Gasteiger partial charge in [0.25, 0.3) is 0 Å². The van der Waals surface area contributed by atoms with Gasteiger partial charge in [-0.3, -0.25) is 9.59 Å². The fourth-order valence-electron chi connectivity index (χ4n) is 1.28. The second kappa shape index (κ2) is 2.52. The summed E-state index contributed by atoms with van der Waals surface area (Å²) < 4.78 is 0. The zero-order valence-electron chi connectivity index (χ0n) is 6.39. The molecule has 1 aliphatic carbocycles. The maximum atomic E-state index is 11.0. The molecule has 0 N–H and O–H groups in total. The van der Waals surface area contributed by atoms with E-state index in [1.54, 1.807) is 0 Å². The minimum atomic E-state index is 0.0951. The molecule has 0 bridgehead atoms. The highest BCUT2D eigenvalue weighted by Crippen LogP contribution is 2.23. The molecule has 0 aromatic carbocycles. The number of Topliss-reactive ketones (excluding diaryl/α,β-unsaturated/α-hetero) is 2. The lowest BCUT2D eigenvalue weighted by Gasteiger charge is -2.22.